The minimum Gasteiger partial charge on any atom is -0.399 e. The van der Waals surface area contributed by atoms with Crippen LogP contribution in [0.2, 0.25) is 0 Å². The molecule has 0 saturated carbocycles. The van der Waals surface area contributed by atoms with Gasteiger partial charge in [0.15, 0.2) is 0 Å². The number of hydrogen-bond donors (Lipinski definition) is 2. The summed E-state index contributed by atoms with van der Waals surface area (Å²) in [7, 11) is 3.80. The van der Waals surface area contributed by atoms with Gasteiger partial charge in [-0.3, -0.25) is 0 Å². The molecule has 0 aliphatic carbocycles. The number of ether oxygens (including phenoxy) is 1. The molecule has 0 unspecified atom stereocenters. The van der Waals surface area contributed by atoms with Crippen LogP contribution in [-0.4, -0.2) is 50.3 Å². The second kappa shape index (κ2) is 7.07. The number of nitrogens with two attached hydrogens (primary N) is 1. The van der Waals surface area contributed by atoms with Crippen LogP contribution in [0.1, 0.15) is 0 Å². The maximum absolute atomic E-state index is 5.76. The smallest absolute Gasteiger partial charge is 0.126 e. The van der Waals surface area contributed by atoms with Crippen LogP contribution >= 0.6 is 0 Å². The summed E-state index contributed by atoms with van der Waals surface area (Å²) in [5, 5.41) is 4.40. The molecule has 0 spiro atoms. The average Bonchev–Trinajstić information content (AvgIpc) is 2.45. The number of benzene rings is 1. The van der Waals surface area contributed by atoms with Crippen molar-refractivity contribution in [1.82, 2.24) is 9.88 Å². The topological polar surface area (TPSA) is 63.4 Å². The Labute approximate surface area is 119 Å². The van der Waals surface area contributed by atoms with E-state index in [9.17, 15) is 0 Å². The zero-order valence-corrected chi connectivity index (χ0v) is 12.1. The van der Waals surface area contributed by atoms with E-state index in [-0.39, 0.29) is 0 Å². The summed E-state index contributed by atoms with van der Waals surface area (Å²) in [4.78, 5) is 6.79. The number of hydrogen-bond acceptors (Lipinski definition) is 5. The van der Waals surface area contributed by atoms with Gasteiger partial charge in [0.05, 0.1) is 12.1 Å². The molecule has 0 atom stereocenters. The predicted molar refractivity (Wildman–Crippen MR) is 84.0 cm³/mol. The molecule has 108 valence electrons. The molecule has 3 N–H and O–H groups in total. The fraction of sp³-hybridized carbons (Fsp3) is 0.400. The van der Waals surface area contributed by atoms with Gasteiger partial charge in [0.1, 0.15) is 5.82 Å². The molecule has 2 aromatic rings. The Bertz CT molecular complexity index is 559. The third-order valence-corrected chi connectivity index (χ3v) is 3.19. The molecule has 5 nitrogen and oxygen atoms in total. The highest BCUT2D eigenvalue weighted by Gasteiger charge is 2.00. The normalized spacial score (nSPS) is 11.2. The zero-order valence-electron chi connectivity index (χ0n) is 12.1. The van der Waals surface area contributed by atoms with Crippen LogP contribution in [0, 0.1) is 0 Å². The molecule has 1 heterocycles. The number of nitrogens with zero attached hydrogens (tertiary/aromatic N) is 2. The molecule has 0 aliphatic heterocycles. The van der Waals surface area contributed by atoms with Crippen LogP contribution < -0.4 is 11.1 Å². The Hall–Kier alpha value is -1.85. The summed E-state index contributed by atoms with van der Waals surface area (Å²) in [5.41, 5.74) is 7.48. The van der Waals surface area contributed by atoms with E-state index >= 15 is 0 Å². The van der Waals surface area contributed by atoms with Gasteiger partial charge in [0.2, 0.25) is 0 Å². The highest BCUT2D eigenvalue weighted by molar-refractivity contribution is 5.83. The monoisotopic (exact) mass is 274 g/mol. The maximum atomic E-state index is 5.76. The van der Waals surface area contributed by atoms with Gasteiger partial charge < -0.3 is 20.7 Å². The number of nitrogens with one attached hydrogen (secondary N) is 1. The maximum Gasteiger partial charge on any atom is 0.126 e. The molecule has 0 amide bonds. The molecular weight excluding hydrogens is 252 g/mol. The Morgan fingerprint density at radius 1 is 1.25 bits per heavy atom. The minimum atomic E-state index is 0.756. The zero-order chi connectivity index (χ0) is 14.4. The van der Waals surface area contributed by atoms with E-state index < -0.39 is 0 Å². The number of aromatic nitrogens is 1. The predicted octanol–water partition coefficient (Wildman–Crippen LogP) is 1.81. The van der Waals surface area contributed by atoms with Crippen molar-refractivity contribution in [2.75, 3.05) is 51.4 Å². The first-order valence-corrected chi connectivity index (χ1v) is 6.76. The molecule has 0 aliphatic rings. The van der Waals surface area contributed by atoms with Crippen molar-refractivity contribution >= 4 is 22.4 Å². The summed E-state index contributed by atoms with van der Waals surface area (Å²) in [6, 6.07) is 9.77. The standard InChI is InChI=1S/C15H22N4O/c1-19(9-10-20-2)8-7-17-15-6-3-12-11-13(16)4-5-14(12)18-15/h3-6,11H,7-10,16H2,1-2H3,(H,17,18). The number of rotatable bonds is 7. The van der Waals surface area contributed by atoms with E-state index in [1.807, 2.05) is 30.3 Å². The van der Waals surface area contributed by atoms with Crippen molar-refractivity contribution in [2.45, 2.75) is 0 Å². The van der Waals surface area contributed by atoms with E-state index in [0.717, 1.165) is 48.6 Å². The fourth-order valence-corrected chi connectivity index (χ4v) is 1.98. The number of likely N-dealkylation sites (N-methyl/N-ethyl adjacent to an activating group) is 1. The van der Waals surface area contributed by atoms with Crippen LogP contribution in [0.5, 0.6) is 0 Å². The van der Waals surface area contributed by atoms with Crippen molar-refractivity contribution in [3.63, 3.8) is 0 Å². The van der Waals surface area contributed by atoms with Gasteiger partial charge >= 0.3 is 0 Å². The van der Waals surface area contributed by atoms with Gasteiger partial charge in [-0.25, -0.2) is 4.98 Å². The number of anilines is 2. The summed E-state index contributed by atoms with van der Waals surface area (Å²) in [6.07, 6.45) is 0. The van der Waals surface area contributed by atoms with E-state index in [1.165, 1.54) is 0 Å². The second-order valence-electron chi connectivity index (χ2n) is 4.87. The largest absolute Gasteiger partial charge is 0.399 e. The molecule has 2 rings (SSSR count). The van der Waals surface area contributed by atoms with Gasteiger partial charge in [-0.15, -0.1) is 0 Å². The molecule has 0 radical (unpaired) electrons. The van der Waals surface area contributed by atoms with Crippen LogP contribution in [0.25, 0.3) is 10.9 Å². The molecule has 0 fully saturated rings. The van der Waals surface area contributed by atoms with Crippen molar-refractivity contribution in [3.8, 4) is 0 Å². The first-order chi connectivity index (χ1) is 9.69. The summed E-state index contributed by atoms with van der Waals surface area (Å²) >= 11 is 0. The third kappa shape index (κ3) is 4.08. The van der Waals surface area contributed by atoms with Crippen molar-refractivity contribution in [2.24, 2.45) is 0 Å². The van der Waals surface area contributed by atoms with Gasteiger partial charge in [-0.2, -0.15) is 0 Å². The SMILES string of the molecule is COCCN(C)CCNc1ccc2cc(N)ccc2n1. The summed E-state index contributed by atoms with van der Waals surface area (Å²) < 4.78 is 5.05. The first kappa shape index (κ1) is 14.6. The van der Waals surface area contributed by atoms with Crippen LogP contribution in [0.4, 0.5) is 11.5 Å². The van der Waals surface area contributed by atoms with Crippen molar-refractivity contribution in [3.05, 3.63) is 30.3 Å². The molecule has 0 bridgehead atoms. The fourth-order valence-electron chi connectivity index (χ4n) is 1.98. The average molecular weight is 274 g/mol. The van der Waals surface area contributed by atoms with Crippen LogP contribution in [-0.2, 0) is 4.74 Å². The molecule has 20 heavy (non-hydrogen) atoms. The number of pyridine rings is 1. The lowest BCUT2D eigenvalue weighted by Gasteiger charge is -2.16. The van der Waals surface area contributed by atoms with Crippen LogP contribution in [0.15, 0.2) is 30.3 Å². The van der Waals surface area contributed by atoms with E-state index in [2.05, 4.69) is 22.2 Å². The minimum absolute atomic E-state index is 0.756. The first-order valence-electron chi connectivity index (χ1n) is 6.76. The van der Waals surface area contributed by atoms with E-state index in [1.54, 1.807) is 7.11 Å². The van der Waals surface area contributed by atoms with E-state index in [0.29, 0.717) is 0 Å². The number of methoxy groups -OCH3 is 1. The van der Waals surface area contributed by atoms with Crippen LogP contribution in [0.3, 0.4) is 0 Å². The molecular formula is C15H22N4O. The van der Waals surface area contributed by atoms with Gasteiger partial charge in [0, 0.05) is 37.8 Å². The lowest BCUT2D eigenvalue weighted by Crippen LogP contribution is -2.28. The van der Waals surface area contributed by atoms with Crippen molar-refractivity contribution in [1.29, 1.82) is 0 Å². The molecule has 0 saturated heterocycles. The number of nitrogen functional groups attached to an aromatic ring is 1. The Morgan fingerprint density at radius 3 is 2.90 bits per heavy atom. The molecule has 1 aromatic heterocycles. The van der Waals surface area contributed by atoms with Crippen molar-refractivity contribution < 1.29 is 4.74 Å². The lowest BCUT2D eigenvalue weighted by atomic mass is 10.2. The third-order valence-electron chi connectivity index (χ3n) is 3.19. The summed E-state index contributed by atoms with van der Waals surface area (Å²) in [5.74, 6) is 0.891. The Morgan fingerprint density at radius 2 is 2.10 bits per heavy atom. The van der Waals surface area contributed by atoms with Gasteiger partial charge in [0.25, 0.3) is 0 Å². The Balaban J connectivity index is 1.88. The highest BCUT2D eigenvalue weighted by atomic mass is 16.5. The Kier molecular flexibility index (Phi) is 5.15. The van der Waals surface area contributed by atoms with Gasteiger partial charge in [-0.05, 0) is 37.4 Å². The summed E-state index contributed by atoms with van der Waals surface area (Å²) in [6.45, 7) is 3.49. The van der Waals surface area contributed by atoms with E-state index in [4.69, 9.17) is 10.5 Å². The van der Waals surface area contributed by atoms with Gasteiger partial charge in [-0.1, -0.05) is 0 Å². The molecule has 1 aromatic carbocycles. The number of fused-ring (bicyclic) bond motifs is 1. The lowest BCUT2D eigenvalue weighted by molar-refractivity contribution is 0.163. The highest BCUT2D eigenvalue weighted by Crippen LogP contribution is 2.17. The molecule has 5 heteroatoms. The quantitative estimate of drug-likeness (QED) is 0.754. The second-order valence-corrected chi connectivity index (χ2v) is 4.87.